The van der Waals surface area contributed by atoms with Crippen LogP contribution in [0.2, 0.25) is 0 Å². The van der Waals surface area contributed by atoms with Gasteiger partial charge < -0.3 is 10.1 Å². The summed E-state index contributed by atoms with van der Waals surface area (Å²) < 4.78 is 32.6. The maximum atomic E-state index is 13.9. The average molecular weight is 255 g/mol. The van der Waals surface area contributed by atoms with Gasteiger partial charge in [-0.2, -0.15) is 0 Å². The molecule has 1 aromatic rings. The van der Waals surface area contributed by atoms with E-state index in [-0.39, 0.29) is 18.0 Å². The zero-order chi connectivity index (χ0) is 13.1. The van der Waals surface area contributed by atoms with Crippen LogP contribution in [0.3, 0.4) is 0 Å². The van der Waals surface area contributed by atoms with Gasteiger partial charge in [0.15, 0.2) is 0 Å². The lowest BCUT2D eigenvalue weighted by atomic mass is 9.97. The van der Waals surface area contributed by atoms with E-state index in [0.717, 1.165) is 18.9 Å². The van der Waals surface area contributed by atoms with Gasteiger partial charge in [-0.3, -0.25) is 0 Å². The molecule has 2 rings (SSSR count). The first-order valence-electron chi connectivity index (χ1n) is 6.38. The van der Waals surface area contributed by atoms with Crippen molar-refractivity contribution in [1.82, 2.24) is 5.32 Å². The van der Waals surface area contributed by atoms with Crippen LogP contribution in [-0.4, -0.2) is 19.8 Å². The lowest BCUT2D eigenvalue weighted by molar-refractivity contribution is 0.0500. The molecule has 1 fully saturated rings. The van der Waals surface area contributed by atoms with Crippen molar-refractivity contribution >= 4 is 0 Å². The van der Waals surface area contributed by atoms with Gasteiger partial charge in [-0.25, -0.2) is 8.78 Å². The quantitative estimate of drug-likeness (QED) is 0.843. The number of methoxy groups -OCH3 is 1. The van der Waals surface area contributed by atoms with Crippen LogP contribution in [-0.2, 0) is 4.74 Å². The molecule has 1 N–H and O–H groups in total. The average Bonchev–Trinajstić information content (AvgIpc) is 3.17. The van der Waals surface area contributed by atoms with Crippen LogP contribution in [0.4, 0.5) is 8.78 Å². The van der Waals surface area contributed by atoms with Gasteiger partial charge in [0.05, 0.1) is 12.1 Å². The normalized spacial score (nSPS) is 18.7. The van der Waals surface area contributed by atoms with Gasteiger partial charge in [0.25, 0.3) is 0 Å². The summed E-state index contributed by atoms with van der Waals surface area (Å²) in [5.41, 5.74) is 0.357. The summed E-state index contributed by atoms with van der Waals surface area (Å²) in [6.45, 7) is 2.64. The molecule has 2 atom stereocenters. The van der Waals surface area contributed by atoms with Crippen molar-refractivity contribution in [3.8, 4) is 0 Å². The van der Waals surface area contributed by atoms with Crippen LogP contribution >= 0.6 is 0 Å². The van der Waals surface area contributed by atoms with E-state index in [1.54, 1.807) is 7.11 Å². The highest BCUT2D eigenvalue weighted by Crippen LogP contribution is 2.40. The van der Waals surface area contributed by atoms with Gasteiger partial charge in [-0.05, 0) is 43.5 Å². The van der Waals surface area contributed by atoms with Crippen LogP contribution in [0.1, 0.15) is 31.4 Å². The molecule has 0 amide bonds. The monoisotopic (exact) mass is 255 g/mol. The number of hydrogen-bond donors (Lipinski definition) is 1. The minimum atomic E-state index is -0.417. The molecule has 1 aromatic carbocycles. The Bertz CT molecular complexity index is 407. The van der Waals surface area contributed by atoms with E-state index in [1.165, 1.54) is 12.1 Å². The Balaban J connectivity index is 2.30. The Morgan fingerprint density at radius 2 is 2.11 bits per heavy atom. The predicted octanol–water partition coefficient (Wildman–Crippen LogP) is 3.04. The van der Waals surface area contributed by atoms with Crippen molar-refractivity contribution in [3.05, 3.63) is 35.4 Å². The second-order valence-electron chi connectivity index (χ2n) is 4.74. The van der Waals surface area contributed by atoms with E-state index in [2.05, 4.69) is 5.32 Å². The van der Waals surface area contributed by atoms with Gasteiger partial charge in [0, 0.05) is 12.7 Å². The standard InChI is InChI=1S/C14H19F2NO/c1-3-17-13(14(18-2)9-4-5-9)11-8-10(15)6-7-12(11)16/h6-9,13-14,17H,3-5H2,1-2H3. The van der Waals surface area contributed by atoms with Crippen molar-refractivity contribution in [2.24, 2.45) is 5.92 Å². The van der Waals surface area contributed by atoms with Crippen LogP contribution in [0.25, 0.3) is 0 Å². The predicted molar refractivity (Wildman–Crippen MR) is 66.3 cm³/mol. The van der Waals surface area contributed by atoms with Gasteiger partial charge in [-0.1, -0.05) is 6.92 Å². The fraction of sp³-hybridized carbons (Fsp3) is 0.571. The Morgan fingerprint density at radius 1 is 1.39 bits per heavy atom. The smallest absolute Gasteiger partial charge is 0.128 e. The van der Waals surface area contributed by atoms with E-state index in [1.807, 2.05) is 6.92 Å². The molecule has 0 saturated heterocycles. The third-order valence-electron chi connectivity index (χ3n) is 3.40. The molecular weight excluding hydrogens is 236 g/mol. The number of ether oxygens (including phenoxy) is 1. The Kier molecular flexibility index (Phi) is 4.30. The largest absolute Gasteiger partial charge is 0.379 e. The maximum Gasteiger partial charge on any atom is 0.128 e. The van der Waals surface area contributed by atoms with Crippen molar-refractivity contribution < 1.29 is 13.5 Å². The summed E-state index contributed by atoms with van der Waals surface area (Å²) >= 11 is 0. The summed E-state index contributed by atoms with van der Waals surface area (Å²) in [5, 5.41) is 3.21. The fourth-order valence-electron chi connectivity index (χ4n) is 2.40. The molecule has 1 saturated carbocycles. The van der Waals surface area contributed by atoms with Gasteiger partial charge >= 0.3 is 0 Å². The zero-order valence-corrected chi connectivity index (χ0v) is 10.7. The van der Waals surface area contributed by atoms with Crippen molar-refractivity contribution in [1.29, 1.82) is 0 Å². The second kappa shape index (κ2) is 5.76. The highest BCUT2D eigenvalue weighted by atomic mass is 19.1. The van der Waals surface area contributed by atoms with Gasteiger partial charge in [-0.15, -0.1) is 0 Å². The number of hydrogen-bond acceptors (Lipinski definition) is 2. The van der Waals surface area contributed by atoms with Crippen molar-refractivity contribution in [2.75, 3.05) is 13.7 Å². The first-order chi connectivity index (χ1) is 8.67. The van der Waals surface area contributed by atoms with Crippen LogP contribution in [0.5, 0.6) is 0 Å². The highest BCUT2D eigenvalue weighted by molar-refractivity contribution is 5.24. The Hall–Kier alpha value is -1.00. The molecule has 4 heteroatoms. The van der Waals surface area contributed by atoms with Crippen LogP contribution in [0.15, 0.2) is 18.2 Å². The van der Waals surface area contributed by atoms with Crippen molar-refractivity contribution in [3.63, 3.8) is 0 Å². The number of benzene rings is 1. The minimum absolute atomic E-state index is 0.0961. The molecule has 0 radical (unpaired) electrons. The minimum Gasteiger partial charge on any atom is -0.379 e. The highest BCUT2D eigenvalue weighted by Gasteiger charge is 2.38. The summed E-state index contributed by atoms with van der Waals surface area (Å²) in [7, 11) is 1.63. The maximum absolute atomic E-state index is 13.9. The number of nitrogens with one attached hydrogen (secondary N) is 1. The topological polar surface area (TPSA) is 21.3 Å². The third kappa shape index (κ3) is 2.87. The van der Waals surface area contributed by atoms with Gasteiger partial charge in [0.2, 0.25) is 0 Å². The third-order valence-corrected chi connectivity index (χ3v) is 3.40. The summed E-state index contributed by atoms with van der Waals surface area (Å²) in [6, 6.07) is 3.29. The SMILES string of the molecule is CCNC(c1cc(F)ccc1F)C(OC)C1CC1. The van der Waals surface area contributed by atoms with E-state index in [0.29, 0.717) is 18.0 Å². The zero-order valence-electron chi connectivity index (χ0n) is 10.7. The molecule has 0 heterocycles. The molecule has 18 heavy (non-hydrogen) atoms. The van der Waals surface area contributed by atoms with Crippen molar-refractivity contribution in [2.45, 2.75) is 31.9 Å². The summed E-state index contributed by atoms with van der Waals surface area (Å²) in [4.78, 5) is 0. The molecule has 0 aliphatic heterocycles. The number of likely N-dealkylation sites (N-methyl/N-ethyl adjacent to an activating group) is 1. The van der Waals surface area contributed by atoms with Crippen LogP contribution in [0, 0.1) is 17.6 Å². The molecule has 1 aliphatic carbocycles. The lowest BCUT2D eigenvalue weighted by Gasteiger charge is -2.27. The fourth-order valence-corrected chi connectivity index (χ4v) is 2.40. The molecular formula is C14H19F2NO. The molecule has 0 aromatic heterocycles. The molecule has 1 aliphatic rings. The molecule has 100 valence electrons. The number of rotatable bonds is 6. The second-order valence-corrected chi connectivity index (χ2v) is 4.74. The van der Waals surface area contributed by atoms with Crippen LogP contribution < -0.4 is 5.32 Å². The summed E-state index contributed by atoms with van der Waals surface area (Å²) in [5.74, 6) is -0.355. The Labute approximate surface area is 106 Å². The number of halogens is 2. The van der Waals surface area contributed by atoms with E-state index < -0.39 is 5.82 Å². The first kappa shape index (κ1) is 13.4. The Morgan fingerprint density at radius 3 is 2.67 bits per heavy atom. The van der Waals surface area contributed by atoms with E-state index in [4.69, 9.17) is 4.74 Å². The molecule has 2 nitrogen and oxygen atoms in total. The lowest BCUT2D eigenvalue weighted by Crippen LogP contribution is -2.35. The van der Waals surface area contributed by atoms with E-state index >= 15 is 0 Å². The van der Waals surface area contributed by atoms with Gasteiger partial charge in [0.1, 0.15) is 11.6 Å². The summed E-state index contributed by atoms with van der Waals surface area (Å²) in [6.07, 6.45) is 2.09. The molecule has 0 spiro atoms. The van der Waals surface area contributed by atoms with E-state index in [9.17, 15) is 8.78 Å². The molecule has 2 unspecified atom stereocenters. The first-order valence-corrected chi connectivity index (χ1v) is 6.38. The molecule has 0 bridgehead atoms.